The van der Waals surface area contributed by atoms with Crippen LogP contribution >= 0.6 is 0 Å². The lowest BCUT2D eigenvalue weighted by atomic mass is 10.2. The fourth-order valence-electron chi connectivity index (χ4n) is 3.59. The Morgan fingerprint density at radius 3 is 2.93 bits per heavy atom. The zero-order chi connectivity index (χ0) is 20.4. The van der Waals surface area contributed by atoms with E-state index in [4.69, 9.17) is 5.73 Å². The molecule has 0 spiro atoms. The highest BCUT2D eigenvalue weighted by atomic mass is 16.2. The summed E-state index contributed by atoms with van der Waals surface area (Å²) in [6.45, 7) is 6.90. The number of hydrogen-bond acceptors (Lipinski definition) is 8. The molecular formula is C20H26N8O. The molecule has 0 bridgehead atoms. The Labute approximate surface area is 169 Å². The maximum Gasteiger partial charge on any atom is 0.245 e. The second-order valence-corrected chi connectivity index (χ2v) is 7.07. The topological polar surface area (TPSA) is 120 Å². The summed E-state index contributed by atoms with van der Waals surface area (Å²) in [5.74, 6) is 0.857. The van der Waals surface area contributed by atoms with Crippen LogP contribution in [0.5, 0.6) is 0 Å². The molecule has 152 valence electrons. The SMILES string of the molecule is CCN1/C(=C(\N)c2nc(NC(=O)C3CNCCN3)ncc2C)Nc2ccccc21. The summed E-state index contributed by atoms with van der Waals surface area (Å²) in [6, 6.07) is 7.74. The lowest BCUT2D eigenvalue weighted by Gasteiger charge is -2.23. The van der Waals surface area contributed by atoms with Crippen molar-refractivity contribution in [3.05, 3.63) is 47.5 Å². The normalized spacial score (nSPS) is 20.1. The van der Waals surface area contributed by atoms with Gasteiger partial charge in [-0.1, -0.05) is 12.1 Å². The Morgan fingerprint density at radius 2 is 2.17 bits per heavy atom. The first-order chi connectivity index (χ1) is 14.1. The van der Waals surface area contributed by atoms with Gasteiger partial charge in [0.1, 0.15) is 5.82 Å². The number of hydrogen-bond donors (Lipinski definition) is 5. The van der Waals surface area contributed by atoms with Crippen molar-refractivity contribution in [2.24, 2.45) is 5.73 Å². The number of piperazine rings is 1. The number of para-hydroxylation sites is 2. The summed E-state index contributed by atoms with van der Waals surface area (Å²) in [5.41, 5.74) is 10.6. The lowest BCUT2D eigenvalue weighted by Crippen LogP contribution is -2.54. The van der Waals surface area contributed by atoms with Crippen LogP contribution in [0.15, 0.2) is 36.3 Å². The number of aryl methyl sites for hydroxylation is 1. The fourth-order valence-corrected chi connectivity index (χ4v) is 3.59. The molecule has 2 aromatic rings. The maximum absolute atomic E-state index is 12.5. The summed E-state index contributed by atoms with van der Waals surface area (Å²) < 4.78 is 0. The van der Waals surface area contributed by atoms with E-state index in [9.17, 15) is 4.79 Å². The quantitative estimate of drug-likeness (QED) is 0.517. The largest absolute Gasteiger partial charge is 0.394 e. The van der Waals surface area contributed by atoms with Crippen LogP contribution in [0, 0.1) is 6.92 Å². The molecule has 1 amide bonds. The van der Waals surface area contributed by atoms with Crippen molar-refractivity contribution in [1.82, 2.24) is 20.6 Å². The van der Waals surface area contributed by atoms with Gasteiger partial charge in [-0.25, -0.2) is 9.97 Å². The highest BCUT2D eigenvalue weighted by molar-refractivity contribution is 5.94. The Hall–Kier alpha value is -3.17. The molecule has 9 nitrogen and oxygen atoms in total. The van der Waals surface area contributed by atoms with Gasteiger partial charge in [-0.15, -0.1) is 0 Å². The Balaban J connectivity index is 1.62. The summed E-state index contributed by atoms with van der Waals surface area (Å²) >= 11 is 0. The molecule has 1 aromatic carbocycles. The zero-order valence-electron chi connectivity index (χ0n) is 16.6. The first-order valence-corrected chi connectivity index (χ1v) is 9.80. The monoisotopic (exact) mass is 394 g/mol. The average Bonchev–Trinajstić information content (AvgIpc) is 3.14. The van der Waals surface area contributed by atoms with Crippen molar-refractivity contribution in [3.63, 3.8) is 0 Å². The van der Waals surface area contributed by atoms with Crippen LogP contribution in [-0.4, -0.2) is 48.1 Å². The number of amides is 1. The predicted octanol–water partition coefficient (Wildman–Crippen LogP) is 0.822. The minimum absolute atomic E-state index is 0.167. The molecule has 1 fully saturated rings. The second-order valence-electron chi connectivity index (χ2n) is 7.07. The molecule has 6 N–H and O–H groups in total. The molecule has 0 saturated carbocycles. The van der Waals surface area contributed by atoms with Crippen LogP contribution in [0.2, 0.25) is 0 Å². The Morgan fingerprint density at radius 1 is 1.34 bits per heavy atom. The van der Waals surface area contributed by atoms with Gasteiger partial charge in [0, 0.05) is 32.4 Å². The molecule has 2 aliphatic rings. The van der Waals surface area contributed by atoms with Gasteiger partial charge in [0.05, 0.1) is 28.8 Å². The van der Waals surface area contributed by atoms with Gasteiger partial charge in [0.15, 0.2) is 0 Å². The van der Waals surface area contributed by atoms with Gasteiger partial charge in [-0.05, 0) is 31.5 Å². The van der Waals surface area contributed by atoms with Gasteiger partial charge in [0.25, 0.3) is 0 Å². The molecule has 1 unspecified atom stereocenters. The minimum atomic E-state index is -0.311. The maximum atomic E-state index is 12.5. The molecule has 0 radical (unpaired) electrons. The van der Waals surface area contributed by atoms with Crippen molar-refractivity contribution >= 4 is 28.9 Å². The molecule has 1 saturated heterocycles. The third kappa shape index (κ3) is 3.74. The minimum Gasteiger partial charge on any atom is -0.394 e. The van der Waals surface area contributed by atoms with E-state index < -0.39 is 0 Å². The van der Waals surface area contributed by atoms with Crippen molar-refractivity contribution < 1.29 is 4.79 Å². The van der Waals surface area contributed by atoms with Gasteiger partial charge in [0.2, 0.25) is 11.9 Å². The van der Waals surface area contributed by atoms with Crippen molar-refractivity contribution in [3.8, 4) is 0 Å². The number of aromatic nitrogens is 2. The van der Waals surface area contributed by atoms with E-state index in [0.717, 1.165) is 42.4 Å². The molecule has 2 aliphatic heterocycles. The molecular weight excluding hydrogens is 368 g/mol. The van der Waals surface area contributed by atoms with Gasteiger partial charge >= 0.3 is 0 Å². The Kier molecular flexibility index (Phi) is 5.32. The number of carbonyl (C=O) groups is 1. The van der Waals surface area contributed by atoms with E-state index in [1.165, 1.54) is 0 Å². The molecule has 9 heteroatoms. The molecule has 4 rings (SSSR count). The number of anilines is 3. The zero-order valence-corrected chi connectivity index (χ0v) is 16.6. The third-order valence-electron chi connectivity index (χ3n) is 5.11. The highest BCUT2D eigenvalue weighted by Gasteiger charge is 2.26. The second kappa shape index (κ2) is 8.06. The van der Waals surface area contributed by atoms with E-state index in [1.807, 2.05) is 25.1 Å². The number of nitrogens with zero attached hydrogens (tertiary/aromatic N) is 3. The van der Waals surface area contributed by atoms with Crippen LogP contribution in [-0.2, 0) is 4.79 Å². The van der Waals surface area contributed by atoms with E-state index in [2.05, 4.69) is 49.1 Å². The molecule has 29 heavy (non-hydrogen) atoms. The fraction of sp³-hybridized carbons (Fsp3) is 0.350. The Bertz CT molecular complexity index is 951. The predicted molar refractivity (Wildman–Crippen MR) is 114 cm³/mol. The number of nitrogens with one attached hydrogen (secondary N) is 4. The van der Waals surface area contributed by atoms with Crippen LogP contribution in [0.3, 0.4) is 0 Å². The number of benzene rings is 1. The van der Waals surface area contributed by atoms with Gasteiger partial charge in [-0.2, -0.15) is 0 Å². The first kappa shape index (κ1) is 19.2. The number of fused-ring (bicyclic) bond motifs is 1. The number of nitrogens with two attached hydrogens (primary N) is 1. The molecule has 3 heterocycles. The number of rotatable bonds is 4. The lowest BCUT2D eigenvalue weighted by molar-refractivity contribution is -0.118. The van der Waals surface area contributed by atoms with E-state index in [1.54, 1.807) is 6.20 Å². The summed E-state index contributed by atoms with van der Waals surface area (Å²) in [7, 11) is 0. The smallest absolute Gasteiger partial charge is 0.245 e. The van der Waals surface area contributed by atoms with E-state index >= 15 is 0 Å². The highest BCUT2D eigenvalue weighted by Crippen LogP contribution is 2.37. The summed E-state index contributed by atoms with van der Waals surface area (Å²) in [5, 5.41) is 12.5. The standard InChI is InChI=1S/C20H26N8O/c1-3-28-15-7-5-4-6-13(15)25-18(28)16(21)17-12(2)10-24-20(26-17)27-19(29)14-11-22-8-9-23-14/h4-7,10,14,22-23,25H,3,8-9,11,21H2,1-2H3,(H,24,26,27,29)/b18-16-. The van der Waals surface area contributed by atoms with E-state index in [0.29, 0.717) is 17.9 Å². The molecule has 1 atom stereocenters. The van der Waals surface area contributed by atoms with Crippen molar-refractivity contribution in [2.45, 2.75) is 19.9 Å². The van der Waals surface area contributed by atoms with Crippen LogP contribution in [0.1, 0.15) is 18.2 Å². The van der Waals surface area contributed by atoms with Crippen LogP contribution < -0.4 is 31.9 Å². The molecule has 0 aliphatic carbocycles. The van der Waals surface area contributed by atoms with Crippen molar-refractivity contribution in [1.29, 1.82) is 0 Å². The van der Waals surface area contributed by atoms with Crippen molar-refractivity contribution in [2.75, 3.05) is 41.7 Å². The third-order valence-corrected chi connectivity index (χ3v) is 5.11. The van der Waals surface area contributed by atoms with E-state index in [-0.39, 0.29) is 17.9 Å². The number of carbonyl (C=O) groups excluding carboxylic acids is 1. The van der Waals surface area contributed by atoms with Gasteiger partial charge < -0.3 is 26.6 Å². The first-order valence-electron chi connectivity index (χ1n) is 9.80. The average molecular weight is 394 g/mol. The van der Waals surface area contributed by atoms with Crippen LogP contribution in [0.4, 0.5) is 17.3 Å². The summed E-state index contributed by atoms with van der Waals surface area (Å²) in [6.07, 6.45) is 1.68. The van der Waals surface area contributed by atoms with Gasteiger partial charge in [-0.3, -0.25) is 10.1 Å². The van der Waals surface area contributed by atoms with Crippen LogP contribution in [0.25, 0.3) is 5.70 Å². The molecule has 1 aromatic heterocycles. The summed E-state index contributed by atoms with van der Waals surface area (Å²) in [4.78, 5) is 23.4.